The first-order chi connectivity index (χ1) is 23.5. The summed E-state index contributed by atoms with van der Waals surface area (Å²) in [6, 6.07) is 23.9. The van der Waals surface area contributed by atoms with E-state index in [2.05, 4.69) is 17.4 Å². The molecule has 0 saturated heterocycles. The molecule has 0 aromatic heterocycles. The van der Waals surface area contributed by atoms with Crippen LogP contribution in [0.15, 0.2) is 78.9 Å². The number of sulfonamides is 1. The number of anilines is 1. The number of nitrogens with one attached hydrogen (secondary N) is 1. The van der Waals surface area contributed by atoms with Gasteiger partial charge in [-0.15, -0.1) is 0 Å². The third kappa shape index (κ3) is 7.98. The molecule has 1 N–H and O–H groups in total. The molecule has 0 radical (unpaired) electrons. The van der Waals surface area contributed by atoms with Crippen molar-refractivity contribution in [1.82, 2.24) is 10.2 Å². The highest BCUT2D eigenvalue weighted by atomic mass is 32.2. The van der Waals surface area contributed by atoms with Gasteiger partial charge in [0.15, 0.2) is 0 Å². The maximum atomic E-state index is 14.5. The Morgan fingerprint density at radius 3 is 2.08 bits per heavy atom. The second kappa shape index (κ2) is 14.6. The molecule has 3 aromatic carbocycles. The molecule has 4 aliphatic carbocycles. The van der Waals surface area contributed by atoms with E-state index in [1.54, 1.807) is 7.11 Å². The quantitative estimate of drug-likeness (QED) is 0.210. The molecular formula is C40H51N3O5S. The molecular weight excluding hydrogens is 635 g/mol. The summed E-state index contributed by atoms with van der Waals surface area (Å²) in [5.74, 6) is 2.29. The Hall–Kier alpha value is -3.85. The van der Waals surface area contributed by atoms with E-state index >= 15 is 0 Å². The Bertz CT molecular complexity index is 1690. The van der Waals surface area contributed by atoms with Gasteiger partial charge in [-0.2, -0.15) is 0 Å². The molecule has 4 aliphatic rings. The number of nitrogens with zero attached hydrogens (tertiary/aromatic N) is 2. The zero-order chi connectivity index (χ0) is 34.8. The van der Waals surface area contributed by atoms with Gasteiger partial charge in [-0.05, 0) is 116 Å². The molecule has 0 unspecified atom stereocenters. The van der Waals surface area contributed by atoms with Gasteiger partial charge in [-0.25, -0.2) is 8.42 Å². The lowest BCUT2D eigenvalue weighted by molar-refractivity contribution is -0.140. The van der Waals surface area contributed by atoms with Crippen LogP contribution in [0.4, 0.5) is 5.69 Å². The smallest absolute Gasteiger partial charge is 0.244 e. The van der Waals surface area contributed by atoms with Crippen LogP contribution in [0.3, 0.4) is 0 Å². The first-order valence-electron chi connectivity index (χ1n) is 17.8. The van der Waals surface area contributed by atoms with Crippen molar-refractivity contribution in [1.29, 1.82) is 0 Å². The van der Waals surface area contributed by atoms with E-state index in [9.17, 15) is 18.0 Å². The van der Waals surface area contributed by atoms with Gasteiger partial charge in [-0.1, -0.05) is 61.5 Å². The topological polar surface area (TPSA) is 96.0 Å². The van der Waals surface area contributed by atoms with Crippen LogP contribution in [0, 0.1) is 17.8 Å². The summed E-state index contributed by atoms with van der Waals surface area (Å²) < 4.78 is 33.4. The van der Waals surface area contributed by atoms with Gasteiger partial charge >= 0.3 is 0 Å². The maximum absolute atomic E-state index is 14.5. The van der Waals surface area contributed by atoms with Crippen molar-refractivity contribution in [2.75, 3.05) is 24.2 Å². The molecule has 4 fully saturated rings. The number of hydrogen-bond donors (Lipinski definition) is 1. The van der Waals surface area contributed by atoms with E-state index < -0.39 is 28.5 Å². The molecule has 262 valence electrons. The fourth-order valence-electron chi connectivity index (χ4n) is 9.02. The highest BCUT2D eigenvalue weighted by molar-refractivity contribution is 7.92. The van der Waals surface area contributed by atoms with Crippen molar-refractivity contribution < 1.29 is 22.7 Å². The molecule has 2 atom stereocenters. The summed E-state index contributed by atoms with van der Waals surface area (Å²) in [5, 5.41) is 3.08. The SMILES string of the molecule is CC[C@H](C)NC(=O)[C@H](Cc1ccccc1)N(Cc1cccc(OC)c1)C(=O)CN(c1ccc(C23CC4CC(CC(C4)C2)C3)cc1)S(C)(=O)=O. The van der Waals surface area contributed by atoms with Gasteiger partial charge in [0.25, 0.3) is 0 Å². The van der Waals surface area contributed by atoms with Crippen molar-refractivity contribution in [3.8, 4) is 5.75 Å². The van der Waals surface area contributed by atoms with Gasteiger partial charge in [0.05, 0.1) is 19.1 Å². The summed E-state index contributed by atoms with van der Waals surface area (Å²) in [4.78, 5) is 30.0. The predicted molar refractivity (Wildman–Crippen MR) is 194 cm³/mol. The standard InChI is InChI=1S/C40H51N3O5S/c1-5-28(2)41-39(45)37(22-29-10-7-6-8-11-29)42(26-30-12-9-13-36(21-30)48-3)38(44)27-43(49(4,46)47)35-16-14-34(15-17-35)40-23-31-18-32(24-40)20-33(19-31)25-40/h6-17,21,28,31-33,37H,5,18-20,22-27H2,1-4H3,(H,41,45)/t28-,31?,32?,33?,37-,40?/m0/s1. The van der Waals surface area contributed by atoms with Gasteiger partial charge in [-0.3, -0.25) is 13.9 Å². The highest BCUT2D eigenvalue weighted by Crippen LogP contribution is 2.60. The lowest BCUT2D eigenvalue weighted by atomic mass is 9.48. The van der Waals surface area contributed by atoms with Crippen LogP contribution in [-0.4, -0.2) is 57.1 Å². The minimum absolute atomic E-state index is 0.0976. The second-order valence-corrected chi connectivity index (χ2v) is 16.8. The lowest BCUT2D eigenvalue weighted by Crippen LogP contribution is -2.54. The van der Waals surface area contributed by atoms with Crippen LogP contribution in [0.25, 0.3) is 0 Å². The number of carbonyl (C=O) groups excluding carboxylic acids is 2. The molecule has 8 nitrogen and oxygen atoms in total. The molecule has 7 rings (SSSR count). The first kappa shape index (κ1) is 35.0. The Morgan fingerprint density at radius 1 is 0.898 bits per heavy atom. The number of ether oxygens (including phenoxy) is 1. The van der Waals surface area contributed by atoms with Crippen LogP contribution < -0.4 is 14.4 Å². The maximum Gasteiger partial charge on any atom is 0.244 e. The highest BCUT2D eigenvalue weighted by Gasteiger charge is 2.51. The Balaban J connectivity index is 1.31. The molecule has 0 aliphatic heterocycles. The molecule has 3 aromatic rings. The molecule has 4 saturated carbocycles. The Kier molecular flexibility index (Phi) is 10.4. The van der Waals surface area contributed by atoms with Crippen molar-refractivity contribution in [2.45, 2.75) is 89.3 Å². The van der Waals surface area contributed by atoms with Crippen LogP contribution in [-0.2, 0) is 38.0 Å². The van der Waals surface area contributed by atoms with Crippen LogP contribution in [0.1, 0.15) is 75.5 Å². The number of hydrogen-bond acceptors (Lipinski definition) is 5. The number of amides is 2. The zero-order valence-corrected chi connectivity index (χ0v) is 30.1. The first-order valence-corrected chi connectivity index (χ1v) is 19.7. The van der Waals surface area contributed by atoms with Crippen molar-refractivity contribution in [3.05, 3.63) is 95.6 Å². The van der Waals surface area contributed by atoms with Gasteiger partial charge in [0, 0.05) is 19.0 Å². The molecule has 0 heterocycles. The number of benzene rings is 3. The fraction of sp³-hybridized carbons (Fsp3) is 0.500. The summed E-state index contributed by atoms with van der Waals surface area (Å²) in [5.41, 5.74) is 3.59. The zero-order valence-electron chi connectivity index (χ0n) is 29.3. The molecule has 4 bridgehead atoms. The number of rotatable bonds is 14. The van der Waals surface area contributed by atoms with Crippen LogP contribution >= 0.6 is 0 Å². The normalized spacial score (nSPS) is 23.8. The molecule has 2 amide bonds. The third-order valence-corrected chi connectivity index (χ3v) is 12.4. The largest absolute Gasteiger partial charge is 0.497 e. The number of methoxy groups -OCH3 is 1. The summed E-state index contributed by atoms with van der Waals surface area (Å²) >= 11 is 0. The van der Waals surface area contributed by atoms with Crippen molar-refractivity contribution in [2.24, 2.45) is 17.8 Å². The van der Waals surface area contributed by atoms with E-state index in [1.165, 1.54) is 53.3 Å². The monoisotopic (exact) mass is 685 g/mol. The van der Waals surface area contributed by atoms with E-state index in [4.69, 9.17) is 4.74 Å². The van der Waals surface area contributed by atoms with Gasteiger partial charge in [0.1, 0.15) is 18.3 Å². The van der Waals surface area contributed by atoms with Gasteiger partial charge < -0.3 is 15.0 Å². The minimum atomic E-state index is -3.85. The Morgan fingerprint density at radius 2 is 1.51 bits per heavy atom. The molecule has 49 heavy (non-hydrogen) atoms. The number of carbonyl (C=O) groups is 2. The average Bonchev–Trinajstić information content (AvgIpc) is 3.08. The third-order valence-electron chi connectivity index (χ3n) is 11.2. The molecule has 0 spiro atoms. The summed E-state index contributed by atoms with van der Waals surface area (Å²) in [6.07, 6.45) is 9.85. The van der Waals surface area contributed by atoms with Gasteiger partial charge in [0.2, 0.25) is 21.8 Å². The average molecular weight is 686 g/mol. The summed E-state index contributed by atoms with van der Waals surface area (Å²) in [6.45, 7) is 3.60. The molecule has 9 heteroatoms. The van der Waals surface area contributed by atoms with E-state index in [0.717, 1.165) is 41.6 Å². The Labute approximate surface area is 292 Å². The van der Waals surface area contributed by atoms with E-state index in [-0.39, 0.29) is 30.3 Å². The lowest BCUT2D eigenvalue weighted by Gasteiger charge is -2.57. The fourth-order valence-corrected chi connectivity index (χ4v) is 9.87. The predicted octanol–water partition coefficient (Wildman–Crippen LogP) is 6.48. The summed E-state index contributed by atoms with van der Waals surface area (Å²) in [7, 11) is -2.27. The van der Waals surface area contributed by atoms with Crippen LogP contribution in [0.5, 0.6) is 5.75 Å². The minimum Gasteiger partial charge on any atom is -0.497 e. The van der Waals surface area contributed by atoms with Crippen LogP contribution in [0.2, 0.25) is 0 Å². The van der Waals surface area contributed by atoms with E-state index in [0.29, 0.717) is 11.4 Å². The van der Waals surface area contributed by atoms with Crippen molar-refractivity contribution in [3.63, 3.8) is 0 Å². The second-order valence-electron chi connectivity index (χ2n) is 14.9. The van der Waals surface area contributed by atoms with Crippen molar-refractivity contribution >= 4 is 27.5 Å². The van der Waals surface area contributed by atoms with E-state index in [1.807, 2.05) is 80.6 Å².